The number of ether oxygens (including phenoxy) is 4. The molecule has 0 bridgehead atoms. The molecule has 0 saturated heterocycles. The topological polar surface area (TPSA) is 83.1 Å². The molecular formula is C19H23NO6. The molecule has 0 spiro atoms. The first-order valence-electron chi connectivity index (χ1n) is 7.96. The van der Waals surface area contributed by atoms with Gasteiger partial charge in [-0.2, -0.15) is 0 Å². The first kappa shape index (κ1) is 19.4. The van der Waals surface area contributed by atoms with Gasteiger partial charge in [0.15, 0.2) is 0 Å². The Bertz CT molecular complexity index is 793. The maximum atomic E-state index is 12.5. The van der Waals surface area contributed by atoms with Crippen LogP contribution >= 0.6 is 0 Å². The second-order valence-electron chi connectivity index (χ2n) is 5.71. The largest absolute Gasteiger partial charge is 0.497 e. The predicted octanol–water partition coefficient (Wildman–Crippen LogP) is 2.28. The van der Waals surface area contributed by atoms with E-state index in [1.807, 2.05) is 0 Å². The van der Waals surface area contributed by atoms with Crippen molar-refractivity contribution in [3.63, 3.8) is 0 Å². The molecule has 1 N–H and O–H groups in total. The summed E-state index contributed by atoms with van der Waals surface area (Å²) in [5.74, 6) is 0.125. The molecular weight excluding hydrogens is 338 g/mol. The molecule has 7 nitrogen and oxygen atoms in total. The number of allylic oxidation sites excluding steroid dienone is 1. The SMILES string of the molecule is COC(=O)C1=C(C)NC(c2cc(OC)ccc2OC)C(C(=O)OC)=C1C. The third-order valence-corrected chi connectivity index (χ3v) is 4.35. The zero-order valence-corrected chi connectivity index (χ0v) is 15.8. The van der Waals surface area contributed by atoms with Crippen LogP contribution in [0, 0.1) is 0 Å². The highest BCUT2D eigenvalue weighted by atomic mass is 16.5. The Morgan fingerprint density at radius 3 is 2.15 bits per heavy atom. The molecule has 0 saturated carbocycles. The zero-order valence-electron chi connectivity index (χ0n) is 15.8. The van der Waals surface area contributed by atoms with Gasteiger partial charge >= 0.3 is 11.9 Å². The van der Waals surface area contributed by atoms with Crippen molar-refractivity contribution < 1.29 is 28.5 Å². The molecule has 7 heteroatoms. The Labute approximate surface area is 152 Å². The molecule has 0 fully saturated rings. The first-order chi connectivity index (χ1) is 12.4. The predicted molar refractivity (Wildman–Crippen MR) is 94.9 cm³/mol. The van der Waals surface area contributed by atoms with E-state index in [0.717, 1.165) is 0 Å². The van der Waals surface area contributed by atoms with E-state index in [1.54, 1.807) is 46.3 Å². The van der Waals surface area contributed by atoms with Crippen LogP contribution in [0.25, 0.3) is 0 Å². The van der Waals surface area contributed by atoms with Crippen molar-refractivity contribution >= 4 is 11.9 Å². The van der Waals surface area contributed by atoms with Crippen LogP contribution in [0.2, 0.25) is 0 Å². The third kappa shape index (κ3) is 3.37. The molecule has 1 unspecified atom stereocenters. The van der Waals surface area contributed by atoms with Gasteiger partial charge in [0, 0.05) is 11.3 Å². The minimum Gasteiger partial charge on any atom is -0.497 e. The summed E-state index contributed by atoms with van der Waals surface area (Å²) in [5, 5.41) is 3.20. The van der Waals surface area contributed by atoms with E-state index in [-0.39, 0.29) is 0 Å². The molecule has 1 aliphatic heterocycles. The summed E-state index contributed by atoms with van der Waals surface area (Å²) in [5.41, 5.74) is 2.40. The van der Waals surface area contributed by atoms with E-state index >= 15 is 0 Å². The van der Waals surface area contributed by atoms with Crippen molar-refractivity contribution in [2.45, 2.75) is 19.9 Å². The summed E-state index contributed by atoms with van der Waals surface area (Å²) < 4.78 is 20.5. The van der Waals surface area contributed by atoms with Crippen molar-refractivity contribution in [2.24, 2.45) is 0 Å². The summed E-state index contributed by atoms with van der Waals surface area (Å²) in [6.07, 6.45) is 0. The number of hydrogen-bond acceptors (Lipinski definition) is 7. The molecule has 0 aliphatic carbocycles. The fourth-order valence-electron chi connectivity index (χ4n) is 3.08. The Hall–Kier alpha value is -2.96. The fraction of sp³-hybridized carbons (Fsp3) is 0.368. The van der Waals surface area contributed by atoms with Crippen LogP contribution in [-0.2, 0) is 19.1 Å². The van der Waals surface area contributed by atoms with Crippen molar-refractivity contribution in [3.8, 4) is 11.5 Å². The van der Waals surface area contributed by atoms with E-state index in [0.29, 0.717) is 39.5 Å². The molecule has 1 heterocycles. The van der Waals surface area contributed by atoms with Gasteiger partial charge in [0.05, 0.1) is 45.6 Å². The molecule has 26 heavy (non-hydrogen) atoms. The van der Waals surface area contributed by atoms with E-state index in [4.69, 9.17) is 18.9 Å². The fourth-order valence-corrected chi connectivity index (χ4v) is 3.08. The van der Waals surface area contributed by atoms with E-state index < -0.39 is 18.0 Å². The van der Waals surface area contributed by atoms with Gasteiger partial charge in [0.2, 0.25) is 0 Å². The Morgan fingerprint density at radius 1 is 0.962 bits per heavy atom. The maximum Gasteiger partial charge on any atom is 0.339 e. The summed E-state index contributed by atoms with van der Waals surface area (Å²) in [6.45, 7) is 3.45. The van der Waals surface area contributed by atoms with Crippen LogP contribution in [0.3, 0.4) is 0 Å². The molecule has 1 aliphatic rings. The molecule has 1 aromatic carbocycles. The minimum absolute atomic E-state index is 0.310. The number of rotatable bonds is 5. The average molecular weight is 361 g/mol. The van der Waals surface area contributed by atoms with Gasteiger partial charge in [-0.15, -0.1) is 0 Å². The molecule has 140 valence electrons. The van der Waals surface area contributed by atoms with Crippen molar-refractivity contribution in [1.29, 1.82) is 0 Å². The summed E-state index contributed by atoms with van der Waals surface area (Å²) >= 11 is 0. The number of esters is 2. The monoisotopic (exact) mass is 361 g/mol. The van der Waals surface area contributed by atoms with Crippen LogP contribution < -0.4 is 14.8 Å². The van der Waals surface area contributed by atoms with Crippen LogP contribution in [0.1, 0.15) is 25.5 Å². The lowest BCUT2D eigenvalue weighted by molar-refractivity contribution is -0.136. The Morgan fingerprint density at radius 2 is 1.62 bits per heavy atom. The van der Waals surface area contributed by atoms with Gasteiger partial charge in [0.1, 0.15) is 11.5 Å². The standard InChI is InChI=1S/C19H23NO6/c1-10-15(18(21)25-5)11(2)20-17(16(10)19(22)26-6)13-9-12(23-3)7-8-14(13)24-4/h7-9,17,20H,1-6H3. The number of hydrogen-bond donors (Lipinski definition) is 1. The Kier molecular flexibility index (Phi) is 5.92. The number of benzene rings is 1. The van der Waals surface area contributed by atoms with Gasteiger partial charge < -0.3 is 24.3 Å². The highest BCUT2D eigenvalue weighted by Gasteiger charge is 2.35. The third-order valence-electron chi connectivity index (χ3n) is 4.35. The van der Waals surface area contributed by atoms with Crippen molar-refractivity contribution in [1.82, 2.24) is 5.32 Å². The smallest absolute Gasteiger partial charge is 0.339 e. The van der Waals surface area contributed by atoms with E-state index in [2.05, 4.69) is 5.32 Å². The number of carbonyl (C=O) groups excluding carboxylic acids is 2. The van der Waals surface area contributed by atoms with Crippen LogP contribution in [-0.4, -0.2) is 40.4 Å². The summed E-state index contributed by atoms with van der Waals surface area (Å²) in [4.78, 5) is 24.7. The number of carbonyl (C=O) groups is 2. The van der Waals surface area contributed by atoms with Crippen molar-refractivity contribution in [2.75, 3.05) is 28.4 Å². The lowest BCUT2D eigenvalue weighted by atomic mass is 9.86. The lowest BCUT2D eigenvalue weighted by Gasteiger charge is -2.31. The van der Waals surface area contributed by atoms with Crippen LogP contribution in [0.15, 0.2) is 40.6 Å². The molecule has 1 atom stereocenters. The molecule has 1 aromatic rings. The quantitative estimate of drug-likeness (QED) is 0.806. The van der Waals surface area contributed by atoms with Gasteiger partial charge in [0.25, 0.3) is 0 Å². The summed E-state index contributed by atoms with van der Waals surface area (Å²) in [6, 6.07) is 4.74. The van der Waals surface area contributed by atoms with Gasteiger partial charge in [-0.05, 0) is 37.6 Å². The first-order valence-corrected chi connectivity index (χ1v) is 7.96. The molecule has 2 rings (SSSR count). The normalized spacial score (nSPS) is 16.8. The van der Waals surface area contributed by atoms with Gasteiger partial charge in [-0.25, -0.2) is 9.59 Å². The average Bonchev–Trinajstić information content (AvgIpc) is 2.66. The van der Waals surface area contributed by atoms with Gasteiger partial charge in [-0.3, -0.25) is 0 Å². The van der Waals surface area contributed by atoms with E-state index in [9.17, 15) is 9.59 Å². The highest BCUT2D eigenvalue weighted by Crippen LogP contribution is 2.39. The van der Waals surface area contributed by atoms with Gasteiger partial charge in [-0.1, -0.05) is 0 Å². The molecule has 0 aromatic heterocycles. The number of methoxy groups -OCH3 is 4. The van der Waals surface area contributed by atoms with Crippen molar-refractivity contribution in [3.05, 3.63) is 46.2 Å². The summed E-state index contributed by atoms with van der Waals surface area (Å²) in [7, 11) is 5.70. The number of nitrogens with one attached hydrogen (secondary N) is 1. The van der Waals surface area contributed by atoms with Crippen LogP contribution in [0.5, 0.6) is 11.5 Å². The van der Waals surface area contributed by atoms with Crippen LogP contribution in [0.4, 0.5) is 0 Å². The number of dihydropyridines is 1. The maximum absolute atomic E-state index is 12.5. The molecule has 0 radical (unpaired) electrons. The second kappa shape index (κ2) is 7.95. The second-order valence-corrected chi connectivity index (χ2v) is 5.71. The minimum atomic E-state index is -0.569. The molecule has 0 amide bonds. The lowest BCUT2D eigenvalue weighted by Crippen LogP contribution is -2.33. The Balaban J connectivity index is 2.69. The zero-order chi connectivity index (χ0) is 19.4. The van der Waals surface area contributed by atoms with E-state index in [1.165, 1.54) is 14.2 Å². The highest BCUT2D eigenvalue weighted by molar-refractivity contribution is 6.00.